The van der Waals surface area contributed by atoms with Crippen LogP contribution >= 0.6 is 11.3 Å². The Labute approximate surface area is 151 Å². The smallest absolute Gasteiger partial charge is 0.244 e. The van der Waals surface area contributed by atoms with Crippen molar-refractivity contribution >= 4 is 23.3 Å². The third kappa shape index (κ3) is 4.64. The van der Waals surface area contributed by atoms with Gasteiger partial charge in [-0.05, 0) is 31.6 Å². The highest BCUT2D eigenvalue weighted by Crippen LogP contribution is 2.17. The lowest BCUT2D eigenvalue weighted by atomic mass is 10.2. The molecule has 1 aromatic carbocycles. The minimum atomic E-state index is -0.0992. The van der Waals surface area contributed by atoms with Crippen LogP contribution in [0.1, 0.15) is 22.6 Å². The number of thiazole rings is 1. The maximum absolute atomic E-state index is 11.9. The summed E-state index contributed by atoms with van der Waals surface area (Å²) in [6, 6.07) is 11.8. The molecule has 0 aliphatic carbocycles. The Balaban J connectivity index is 1.50. The number of aryl methyl sites for hydroxylation is 2. The van der Waals surface area contributed by atoms with E-state index in [4.69, 9.17) is 0 Å². The molecular formula is C19H20N4OS. The first-order chi connectivity index (χ1) is 12.1. The summed E-state index contributed by atoms with van der Waals surface area (Å²) >= 11 is 1.56. The van der Waals surface area contributed by atoms with E-state index in [1.807, 2.05) is 60.3 Å². The highest BCUT2D eigenvalue weighted by Gasteiger charge is 2.08. The number of hydrogen-bond donors (Lipinski definition) is 1. The summed E-state index contributed by atoms with van der Waals surface area (Å²) in [6.07, 6.45) is 4.05. The van der Waals surface area contributed by atoms with Gasteiger partial charge >= 0.3 is 0 Å². The van der Waals surface area contributed by atoms with Crippen LogP contribution in [0.25, 0.3) is 11.2 Å². The molecular weight excluding hydrogens is 332 g/mol. The third-order valence-electron chi connectivity index (χ3n) is 3.64. The quantitative estimate of drug-likeness (QED) is 0.692. The van der Waals surface area contributed by atoms with Crippen molar-refractivity contribution in [3.63, 3.8) is 0 Å². The Morgan fingerprint density at radius 3 is 2.80 bits per heavy atom. The van der Waals surface area contributed by atoms with Crippen molar-refractivity contribution < 1.29 is 4.79 Å². The first-order valence-electron chi connectivity index (χ1n) is 8.11. The van der Waals surface area contributed by atoms with Crippen molar-refractivity contribution in [2.24, 2.45) is 0 Å². The zero-order chi connectivity index (χ0) is 17.6. The lowest BCUT2D eigenvalue weighted by Crippen LogP contribution is -2.23. The highest BCUT2D eigenvalue weighted by atomic mass is 32.1. The predicted molar refractivity (Wildman–Crippen MR) is 101 cm³/mol. The first kappa shape index (κ1) is 17.1. The molecule has 0 radical (unpaired) electrons. The van der Waals surface area contributed by atoms with E-state index >= 15 is 0 Å². The fourth-order valence-corrected chi connectivity index (χ4v) is 3.31. The van der Waals surface area contributed by atoms with Crippen molar-refractivity contribution in [3.05, 3.63) is 70.5 Å². The normalized spacial score (nSPS) is 11.1. The third-order valence-corrected chi connectivity index (χ3v) is 4.50. The monoisotopic (exact) mass is 352 g/mol. The molecule has 2 aromatic heterocycles. The van der Waals surface area contributed by atoms with Crippen LogP contribution in [0.15, 0.2) is 47.9 Å². The van der Waals surface area contributed by atoms with Crippen LogP contribution in [0.5, 0.6) is 0 Å². The van der Waals surface area contributed by atoms with Crippen molar-refractivity contribution in [1.29, 1.82) is 0 Å². The lowest BCUT2D eigenvalue weighted by molar-refractivity contribution is -0.116. The maximum Gasteiger partial charge on any atom is 0.244 e. The molecule has 3 aromatic rings. The molecule has 0 fully saturated rings. The van der Waals surface area contributed by atoms with Gasteiger partial charge in [-0.15, -0.1) is 11.3 Å². The second-order valence-electron chi connectivity index (χ2n) is 5.75. The molecule has 0 aliphatic heterocycles. The van der Waals surface area contributed by atoms with E-state index in [1.54, 1.807) is 23.5 Å². The van der Waals surface area contributed by atoms with Gasteiger partial charge < -0.3 is 5.32 Å². The Bertz CT molecular complexity index is 880. The van der Waals surface area contributed by atoms with Crippen LogP contribution in [0, 0.1) is 13.8 Å². The fourth-order valence-electron chi connectivity index (χ4n) is 2.44. The Kier molecular flexibility index (Phi) is 5.40. The Morgan fingerprint density at radius 1 is 1.28 bits per heavy atom. The summed E-state index contributed by atoms with van der Waals surface area (Å²) in [5, 5.41) is 10.2. The number of benzene rings is 1. The van der Waals surface area contributed by atoms with Crippen LogP contribution in [0.3, 0.4) is 0 Å². The van der Waals surface area contributed by atoms with Gasteiger partial charge in [0.25, 0.3) is 0 Å². The summed E-state index contributed by atoms with van der Waals surface area (Å²) in [4.78, 5) is 16.4. The largest absolute Gasteiger partial charge is 0.352 e. The van der Waals surface area contributed by atoms with E-state index in [0.29, 0.717) is 13.0 Å². The summed E-state index contributed by atoms with van der Waals surface area (Å²) in [6.45, 7) is 4.54. The summed E-state index contributed by atoms with van der Waals surface area (Å²) in [5.41, 5.74) is 4.01. The highest BCUT2D eigenvalue weighted by molar-refractivity contribution is 7.12. The predicted octanol–water partition coefficient (Wildman–Crippen LogP) is 3.32. The summed E-state index contributed by atoms with van der Waals surface area (Å²) in [5.74, 6) is -0.0992. The van der Waals surface area contributed by atoms with E-state index in [0.717, 1.165) is 27.8 Å². The van der Waals surface area contributed by atoms with Crippen molar-refractivity contribution in [2.75, 3.05) is 6.54 Å². The van der Waals surface area contributed by atoms with Crippen LogP contribution in [0.4, 0.5) is 0 Å². The number of aromatic nitrogens is 3. The van der Waals surface area contributed by atoms with Gasteiger partial charge in [0.1, 0.15) is 0 Å². The second kappa shape index (κ2) is 7.90. The molecule has 5 nitrogen and oxygen atoms in total. The second-order valence-corrected chi connectivity index (χ2v) is 6.58. The molecule has 0 bridgehead atoms. The molecule has 0 aliphatic rings. The van der Waals surface area contributed by atoms with Crippen LogP contribution in [-0.4, -0.2) is 27.2 Å². The van der Waals surface area contributed by atoms with E-state index < -0.39 is 0 Å². The number of rotatable bonds is 6. The molecule has 0 saturated heterocycles. The van der Waals surface area contributed by atoms with Crippen molar-refractivity contribution in [1.82, 2.24) is 20.1 Å². The van der Waals surface area contributed by atoms with Gasteiger partial charge in [-0.3, -0.25) is 4.79 Å². The molecule has 128 valence electrons. The number of carbonyl (C=O) groups excluding carboxylic acids is 1. The number of hydrogen-bond acceptors (Lipinski definition) is 4. The summed E-state index contributed by atoms with van der Waals surface area (Å²) < 4.78 is 1.85. The zero-order valence-electron chi connectivity index (χ0n) is 14.3. The van der Waals surface area contributed by atoms with Gasteiger partial charge in [-0.2, -0.15) is 5.10 Å². The van der Waals surface area contributed by atoms with Crippen LogP contribution in [-0.2, 0) is 11.2 Å². The summed E-state index contributed by atoms with van der Waals surface area (Å²) in [7, 11) is 0. The van der Waals surface area contributed by atoms with Gasteiger partial charge in [0.2, 0.25) is 11.0 Å². The van der Waals surface area contributed by atoms with Gasteiger partial charge in [0.05, 0.1) is 11.4 Å². The Morgan fingerprint density at radius 2 is 2.08 bits per heavy atom. The van der Waals surface area contributed by atoms with Gasteiger partial charge in [-0.25, -0.2) is 9.67 Å². The molecule has 6 heteroatoms. The average Bonchev–Trinajstić information content (AvgIpc) is 3.20. The van der Waals surface area contributed by atoms with Gasteiger partial charge in [0.15, 0.2) is 0 Å². The molecule has 0 atom stereocenters. The van der Waals surface area contributed by atoms with Crippen molar-refractivity contribution in [2.45, 2.75) is 20.3 Å². The van der Waals surface area contributed by atoms with E-state index in [2.05, 4.69) is 15.4 Å². The molecule has 0 unspecified atom stereocenters. The van der Waals surface area contributed by atoms with E-state index in [9.17, 15) is 4.79 Å². The van der Waals surface area contributed by atoms with E-state index in [-0.39, 0.29) is 5.91 Å². The molecule has 2 heterocycles. The van der Waals surface area contributed by atoms with E-state index in [1.165, 1.54) is 0 Å². The molecule has 3 rings (SSSR count). The molecule has 0 spiro atoms. The molecule has 0 saturated carbocycles. The number of carbonyl (C=O) groups is 1. The van der Waals surface area contributed by atoms with Crippen LogP contribution in [0.2, 0.25) is 0 Å². The minimum absolute atomic E-state index is 0.0992. The Hall–Kier alpha value is -2.73. The number of amides is 1. The van der Waals surface area contributed by atoms with Crippen molar-refractivity contribution in [3.8, 4) is 5.13 Å². The average molecular weight is 352 g/mol. The number of nitrogens with zero attached hydrogens (tertiary/aromatic N) is 3. The zero-order valence-corrected chi connectivity index (χ0v) is 15.1. The molecule has 25 heavy (non-hydrogen) atoms. The SMILES string of the molecule is Cc1cc(C)n(-c2nc(CCNC(=O)/C=C/c3ccccc3)cs2)n1. The standard InChI is InChI=1S/C19H20N4OS/c1-14-12-15(2)23(22-14)19-21-17(13-25-19)10-11-20-18(24)9-8-16-6-4-3-5-7-16/h3-9,12-13H,10-11H2,1-2H3,(H,20,24)/b9-8+. The fraction of sp³-hybridized carbons (Fsp3) is 0.211. The molecule has 1 amide bonds. The molecule has 1 N–H and O–H groups in total. The van der Waals surface area contributed by atoms with Gasteiger partial charge in [0, 0.05) is 30.1 Å². The topological polar surface area (TPSA) is 59.8 Å². The number of nitrogens with one attached hydrogen (secondary N) is 1. The maximum atomic E-state index is 11.9. The lowest BCUT2D eigenvalue weighted by Gasteiger charge is -2.00. The minimum Gasteiger partial charge on any atom is -0.352 e. The van der Waals surface area contributed by atoms with Gasteiger partial charge in [-0.1, -0.05) is 30.3 Å². The van der Waals surface area contributed by atoms with Crippen LogP contribution < -0.4 is 5.32 Å². The first-order valence-corrected chi connectivity index (χ1v) is 8.99.